The number of carbonyl (C=O) groups is 1. The molecular formula is C23H30ClNO4S. The van der Waals surface area contributed by atoms with Crippen LogP contribution in [0.4, 0.5) is 0 Å². The summed E-state index contributed by atoms with van der Waals surface area (Å²) in [5.41, 5.74) is 1.97. The number of hydrogen-bond acceptors (Lipinski definition) is 5. The van der Waals surface area contributed by atoms with Crippen LogP contribution in [0.2, 0.25) is 0 Å². The molecule has 3 unspecified atom stereocenters. The molecule has 2 aromatic carbocycles. The molecule has 7 heteroatoms. The summed E-state index contributed by atoms with van der Waals surface area (Å²) < 4.78 is 16.1. The van der Waals surface area contributed by atoms with Gasteiger partial charge < -0.3 is 31.5 Å². The van der Waals surface area contributed by atoms with Crippen molar-refractivity contribution < 1.29 is 36.3 Å². The zero-order valence-electron chi connectivity index (χ0n) is 17.9. The molecule has 1 aliphatic heterocycles. The summed E-state index contributed by atoms with van der Waals surface area (Å²) in [6.07, 6.45) is 0.491. The van der Waals surface area contributed by atoms with E-state index in [1.165, 1.54) is 10.5 Å². The van der Waals surface area contributed by atoms with E-state index in [1.807, 2.05) is 11.8 Å². The lowest BCUT2D eigenvalue weighted by molar-refractivity contribution is -0.922. The van der Waals surface area contributed by atoms with E-state index in [0.717, 1.165) is 18.8 Å². The van der Waals surface area contributed by atoms with E-state index in [1.54, 1.807) is 33.5 Å². The first kappa shape index (κ1) is 24.4. The van der Waals surface area contributed by atoms with Gasteiger partial charge in [0.1, 0.15) is 6.04 Å². The number of methoxy groups -OCH3 is 3. The van der Waals surface area contributed by atoms with Gasteiger partial charge in [-0.25, -0.2) is 0 Å². The Bertz CT molecular complexity index is 808. The van der Waals surface area contributed by atoms with Crippen molar-refractivity contribution in [1.82, 2.24) is 0 Å². The molecule has 2 aromatic rings. The summed E-state index contributed by atoms with van der Waals surface area (Å²) in [6, 6.07) is 14.6. The molecule has 3 rings (SSSR count). The molecule has 0 aromatic heterocycles. The van der Waals surface area contributed by atoms with Gasteiger partial charge in [-0.05, 0) is 24.6 Å². The van der Waals surface area contributed by atoms with Gasteiger partial charge in [-0.3, -0.25) is 4.79 Å². The number of rotatable bonds is 8. The van der Waals surface area contributed by atoms with E-state index < -0.39 is 0 Å². The molecule has 3 atom stereocenters. The standard InChI is InChI=1S/C23H29NO4S.ClH/c1-16-23(17-8-6-5-7-9-17)29-13-12-24(16)11-10-19(25)18-14-20(26-2)22(28-4)21(15-18)27-3;/h5-9,14-16,23H,10-13H2,1-4H3;1H. The molecular weight excluding hydrogens is 422 g/mol. The van der Waals surface area contributed by atoms with Gasteiger partial charge in [0, 0.05) is 11.3 Å². The molecule has 0 aliphatic carbocycles. The van der Waals surface area contributed by atoms with Gasteiger partial charge in [-0.2, -0.15) is 0 Å². The van der Waals surface area contributed by atoms with Crippen LogP contribution >= 0.6 is 11.8 Å². The van der Waals surface area contributed by atoms with Crippen molar-refractivity contribution in [2.24, 2.45) is 0 Å². The second-order valence-electron chi connectivity index (χ2n) is 7.24. The van der Waals surface area contributed by atoms with Crippen LogP contribution in [0.3, 0.4) is 0 Å². The van der Waals surface area contributed by atoms with E-state index >= 15 is 0 Å². The van der Waals surface area contributed by atoms with Gasteiger partial charge in [-0.15, -0.1) is 11.8 Å². The molecule has 1 fully saturated rings. The second-order valence-corrected chi connectivity index (χ2v) is 8.49. The summed E-state index contributed by atoms with van der Waals surface area (Å²) in [4.78, 5) is 14.4. The number of thioether (sulfide) groups is 1. The summed E-state index contributed by atoms with van der Waals surface area (Å²) in [5.74, 6) is 2.73. The number of ketones is 1. The fraction of sp³-hybridized carbons (Fsp3) is 0.435. The normalized spacial score (nSPS) is 20.7. The third-order valence-corrected chi connectivity index (χ3v) is 7.09. The third-order valence-electron chi connectivity index (χ3n) is 5.61. The molecule has 164 valence electrons. The third kappa shape index (κ3) is 5.42. The molecule has 0 saturated carbocycles. The molecule has 0 radical (unpaired) electrons. The number of ether oxygens (including phenoxy) is 3. The van der Waals surface area contributed by atoms with E-state index in [0.29, 0.717) is 40.5 Å². The number of Topliss-reactive ketones (excluding diaryl/α,β-unsaturated/α-hetero) is 1. The highest BCUT2D eigenvalue weighted by molar-refractivity contribution is 7.99. The Kier molecular flexibility index (Phi) is 9.34. The largest absolute Gasteiger partial charge is 1.00 e. The first-order valence-electron chi connectivity index (χ1n) is 9.93. The van der Waals surface area contributed by atoms with Crippen molar-refractivity contribution in [1.29, 1.82) is 0 Å². The Morgan fingerprint density at radius 1 is 1.07 bits per heavy atom. The SMILES string of the molecule is COc1cc(C(=O)CC[NH+]2CCSC(c3ccccc3)C2C)cc(OC)c1OC.[Cl-]. The number of nitrogens with one attached hydrogen (secondary N) is 1. The number of halogens is 1. The second kappa shape index (κ2) is 11.5. The Labute approximate surface area is 189 Å². The summed E-state index contributed by atoms with van der Waals surface area (Å²) in [6.45, 7) is 4.20. The molecule has 5 nitrogen and oxygen atoms in total. The van der Waals surface area contributed by atoms with Crippen LogP contribution in [-0.2, 0) is 0 Å². The Balaban J connectivity index is 0.00000320. The maximum Gasteiger partial charge on any atom is 0.203 e. The maximum absolute atomic E-state index is 12.9. The van der Waals surface area contributed by atoms with Gasteiger partial charge in [0.25, 0.3) is 0 Å². The first-order valence-corrected chi connectivity index (χ1v) is 11.0. The predicted molar refractivity (Wildman–Crippen MR) is 117 cm³/mol. The monoisotopic (exact) mass is 451 g/mol. The quantitative estimate of drug-likeness (QED) is 0.575. The molecule has 0 amide bonds. The van der Waals surface area contributed by atoms with Crippen molar-refractivity contribution >= 4 is 17.5 Å². The highest BCUT2D eigenvalue weighted by atomic mass is 35.5. The topological polar surface area (TPSA) is 49.2 Å². The molecule has 30 heavy (non-hydrogen) atoms. The minimum atomic E-state index is 0. The lowest BCUT2D eigenvalue weighted by Gasteiger charge is -2.36. The van der Waals surface area contributed by atoms with Crippen LogP contribution in [-0.4, -0.2) is 52.0 Å². The number of hydrogen-bond donors (Lipinski definition) is 1. The number of quaternary nitrogens is 1. The van der Waals surface area contributed by atoms with E-state index in [4.69, 9.17) is 14.2 Å². The van der Waals surface area contributed by atoms with E-state index in [2.05, 4.69) is 37.3 Å². The molecule has 1 aliphatic rings. The van der Waals surface area contributed by atoms with Crippen LogP contribution in [0.5, 0.6) is 17.2 Å². The Morgan fingerprint density at radius 2 is 1.70 bits per heavy atom. The van der Waals surface area contributed by atoms with Crippen molar-refractivity contribution in [3.8, 4) is 17.2 Å². The highest BCUT2D eigenvalue weighted by Gasteiger charge is 2.33. The number of benzene rings is 2. The van der Waals surface area contributed by atoms with E-state index in [-0.39, 0.29) is 18.2 Å². The molecule has 1 N–H and O–H groups in total. The van der Waals surface area contributed by atoms with Crippen LogP contribution < -0.4 is 31.5 Å². The Hall–Kier alpha value is -1.89. The first-order chi connectivity index (χ1) is 14.1. The molecule has 0 spiro atoms. The molecule has 1 saturated heterocycles. The average molecular weight is 452 g/mol. The van der Waals surface area contributed by atoms with Crippen LogP contribution in [0, 0.1) is 0 Å². The van der Waals surface area contributed by atoms with Crippen LogP contribution in [0.25, 0.3) is 0 Å². The zero-order chi connectivity index (χ0) is 20.8. The maximum atomic E-state index is 12.9. The zero-order valence-corrected chi connectivity index (χ0v) is 19.5. The fourth-order valence-electron chi connectivity index (χ4n) is 3.94. The van der Waals surface area contributed by atoms with Crippen molar-refractivity contribution in [3.05, 3.63) is 53.6 Å². The number of carbonyl (C=O) groups excluding carboxylic acids is 1. The molecule has 1 heterocycles. The Morgan fingerprint density at radius 3 is 2.27 bits per heavy atom. The summed E-state index contributed by atoms with van der Waals surface area (Å²) in [5, 5.41) is 0.469. The van der Waals surface area contributed by atoms with Gasteiger partial charge >= 0.3 is 0 Å². The van der Waals surface area contributed by atoms with Gasteiger partial charge in [0.15, 0.2) is 17.3 Å². The van der Waals surface area contributed by atoms with Gasteiger partial charge in [0.05, 0.1) is 46.1 Å². The van der Waals surface area contributed by atoms with Crippen LogP contribution in [0.15, 0.2) is 42.5 Å². The minimum Gasteiger partial charge on any atom is -1.00 e. The summed E-state index contributed by atoms with van der Waals surface area (Å²) >= 11 is 2.02. The lowest BCUT2D eigenvalue weighted by atomic mass is 10.0. The molecule has 0 bridgehead atoms. The van der Waals surface area contributed by atoms with Crippen molar-refractivity contribution in [2.45, 2.75) is 24.6 Å². The van der Waals surface area contributed by atoms with Gasteiger partial charge in [0.2, 0.25) is 5.75 Å². The minimum absolute atomic E-state index is 0. The smallest absolute Gasteiger partial charge is 0.203 e. The lowest BCUT2D eigenvalue weighted by Crippen LogP contribution is -3.17. The van der Waals surface area contributed by atoms with E-state index in [9.17, 15) is 4.79 Å². The van der Waals surface area contributed by atoms with Gasteiger partial charge in [-0.1, -0.05) is 30.3 Å². The highest BCUT2D eigenvalue weighted by Crippen LogP contribution is 2.38. The average Bonchev–Trinajstić information content (AvgIpc) is 2.77. The fourth-order valence-corrected chi connectivity index (χ4v) is 5.41. The summed E-state index contributed by atoms with van der Waals surface area (Å²) in [7, 11) is 4.68. The van der Waals surface area contributed by atoms with Crippen molar-refractivity contribution in [2.75, 3.05) is 40.2 Å². The van der Waals surface area contributed by atoms with Crippen LogP contribution in [0.1, 0.15) is 34.5 Å². The predicted octanol–water partition coefficient (Wildman–Crippen LogP) is 0.0507. The van der Waals surface area contributed by atoms with Crippen molar-refractivity contribution in [3.63, 3.8) is 0 Å².